The van der Waals surface area contributed by atoms with Gasteiger partial charge in [0.25, 0.3) is 5.69 Å². The molecule has 1 aromatic carbocycles. The molecule has 0 fully saturated rings. The summed E-state index contributed by atoms with van der Waals surface area (Å²) in [4.78, 5) is 20.9. The smallest absolute Gasteiger partial charge is 0.293 e. The molecule has 0 unspecified atom stereocenters. The van der Waals surface area contributed by atoms with E-state index >= 15 is 0 Å². The SMILES string of the molecule is CC(=O)NCCNc1c(Cl)cccc1[N+](=O)[O-]. The number of para-hydroxylation sites is 1. The van der Waals surface area contributed by atoms with Crippen molar-refractivity contribution < 1.29 is 9.72 Å². The van der Waals surface area contributed by atoms with Crippen LogP contribution in [0.2, 0.25) is 5.02 Å². The lowest BCUT2D eigenvalue weighted by atomic mass is 10.2. The van der Waals surface area contributed by atoms with Gasteiger partial charge in [-0.3, -0.25) is 14.9 Å². The van der Waals surface area contributed by atoms with Crippen molar-refractivity contribution in [2.45, 2.75) is 6.92 Å². The van der Waals surface area contributed by atoms with Gasteiger partial charge >= 0.3 is 0 Å². The van der Waals surface area contributed by atoms with Crippen LogP contribution in [0.5, 0.6) is 0 Å². The van der Waals surface area contributed by atoms with Gasteiger partial charge in [-0.05, 0) is 6.07 Å². The average Bonchev–Trinajstić information content (AvgIpc) is 2.25. The molecule has 0 radical (unpaired) electrons. The van der Waals surface area contributed by atoms with Crippen LogP contribution < -0.4 is 10.6 Å². The summed E-state index contributed by atoms with van der Waals surface area (Å²) in [6.45, 7) is 2.14. The highest BCUT2D eigenvalue weighted by Gasteiger charge is 2.15. The van der Waals surface area contributed by atoms with Crippen LogP contribution in [0.4, 0.5) is 11.4 Å². The van der Waals surface area contributed by atoms with E-state index in [1.165, 1.54) is 19.1 Å². The van der Waals surface area contributed by atoms with Crippen molar-refractivity contribution in [3.63, 3.8) is 0 Å². The molecular formula is C10H12ClN3O3. The summed E-state index contributed by atoms with van der Waals surface area (Å²) in [7, 11) is 0. The van der Waals surface area contributed by atoms with Crippen LogP contribution in [0, 0.1) is 10.1 Å². The molecule has 0 saturated carbocycles. The Bertz CT molecular complexity index is 437. The van der Waals surface area contributed by atoms with Gasteiger partial charge in [0.1, 0.15) is 5.69 Å². The number of nitro benzene ring substituents is 1. The number of carbonyl (C=O) groups is 1. The normalized spacial score (nSPS) is 9.76. The molecule has 0 spiro atoms. The summed E-state index contributed by atoms with van der Waals surface area (Å²) >= 11 is 5.86. The third kappa shape index (κ3) is 3.92. The number of nitrogens with zero attached hydrogens (tertiary/aromatic N) is 1. The maximum Gasteiger partial charge on any atom is 0.293 e. The second-order valence-corrected chi connectivity index (χ2v) is 3.71. The first-order valence-electron chi connectivity index (χ1n) is 4.93. The number of benzene rings is 1. The fourth-order valence-corrected chi connectivity index (χ4v) is 1.50. The molecule has 1 amide bonds. The van der Waals surface area contributed by atoms with Gasteiger partial charge in [0.05, 0.1) is 9.95 Å². The predicted octanol–water partition coefficient (Wildman–Crippen LogP) is 1.80. The number of hydrogen-bond donors (Lipinski definition) is 2. The van der Waals surface area contributed by atoms with Crippen molar-refractivity contribution in [1.82, 2.24) is 5.32 Å². The zero-order valence-electron chi connectivity index (χ0n) is 9.20. The Morgan fingerprint density at radius 2 is 2.18 bits per heavy atom. The topological polar surface area (TPSA) is 84.3 Å². The van der Waals surface area contributed by atoms with Gasteiger partial charge in [-0.15, -0.1) is 0 Å². The summed E-state index contributed by atoms with van der Waals surface area (Å²) < 4.78 is 0. The molecular weight excluding hydrogens is 246 g/mol. The number of nitro groups is 1. The monoisotopic (exact) mass is 257 g/mol. The molecule has 0 aliphatic rings. The molecule has 0 aromatic heterocycles. The highest BCUT2D eigenvalue weighted by molar-refractivity contribution is 6.33. The van der Waals surface area contributed by atoms with Gasteiger partial charge in [0.15, 0.2) is 0 Å². The van der Waals surface area contributed by atoms with E-state index in [0.29, 0.717) is 13.1 Å². The van der Waals surface area contributed by atoms with Gasteiger partial charge in [0.2, 0.25) is 5.91 Å². The largest absolute Gasteiger partial charge is 0.376 e. The Balaban J connectivity index is 2.69. The lowest BCUT2D eigenvalue weighted by Crippen LogP contribution is -2.26. The molecule has 0 aliphatic carbocycles. The van der Waals surface area contributed by atoms with Crippen LogP contribution in [-0.2, 0) is 4.79 Å². The van der Waals surface area contributed by atoms with E-state index < -0.39 is 4.92 Å². The fourth-order valence-electron chi connectivity index (χ4n) is 1.27. The van der Waals surface area contributed by atoms with Gasteiger partial charge in [0, 0.05) is 26.1 Å². The van der Waals surface area contributed by atoms with Crippen LogP contribution >= 0.6 is 11.6 Å². The van der Waals surface area contributed by atoms with Crippen LogP contribution in [0.25, 0.3) is 0 Å². The molecule has 0 saturated heterocycles. The maximum atomic E-state index is 10.8. The molecule has 1 aromatic rings. The van der Waals surface area contributed by atoms with Crippen LogP contribution in [0.15, 0.2) is 18.2 Å². The summed E-state index contributed by atoms with van der Waals surface area (Å²) in [6.07, 6.45) is 0. The summed E-state index contributed by atoms with van der Waals surface area (Å²) in [5, 5.41) is 16.4. The Morgan fingerprint density at radius 3 is 2.76 bits per heavy atom. The molecule has 17 heavy (non-hydrogen) atoms. The Morgan fingerprint density at radius 1 is 1.47 bits per heavy atom. The van der Waals surface area contributed by atoms with E-state index in [1.807, 2.05) is 0 Å². The third-order valence-corrected chi connectivity index (χ3v) is 2.30. The first kappa shape index (κ1) is 13.2. The van der Waals surface area contributed by atoms with Crippen molar-refractivity contribution in [3.05, 3.63) is 33.3 Å². The predicted molar refractivity (Wildman–Crippen MR) is 65.3 cm³/mol. The summed E-state index contributed by atoms with van der Waals surface area (Å²) in [5.41, 5.74) is 0.185. The molecule has 92 valence electrons. The van der Waals surface area contributed by atoms with Crippen LogP contribution in [0.3, 0.4) is 0 Å². The standard InChI is InChI=1S/C10H12ClN3O3/c1-7(15)12-5-6-13-10-8(11)3-2-4-9(10)14(16)17/h2-4,13H,5-6H2,1H3,(H,12,15). The van der Waals surface area contributed by atoms with Crippen molar-refractivity contribution in [2.24, 2.45) is 0 Å². The summed E-state index contributed by atoms with van der Waals surface area (Å²) in [6, 6.07) is 4.45. The number of carbonyl (C=O) groups excluding carboxylic acids is 1. The van der Waals surface area contributed by atoms with Crippen LogP contribution in [0.1, 0.15) is 6.92 Å². The van der Waals surface area contributed by atoms with E-state index in [2.05, 4.69) is 10.6 Å². The average molecular weight is 258 g/mol. The van der Waals surface area contributed by atoms with Crippen molar-refractivity contribution >= 4 is 28.9 Å². The van der Waals surface area contributed by atoms with E-state index in [0.717, 1.165) is 0 Å². The first-order chi connectivity index (χ1) is 8.02. The molecule has 0 bridgehead atoms. The molecule has 2 N–H and O–H groups in total. The number of halogens is 1. The number of amides is 1. The maximum absolute atomic E-state index is 10.8. The zero-order chi connectivity index (χ0) is 12.8. The van der Waals surface area contributed by atoms with E-state index in [9.17, 15) is 14.9 Å². The first-order valence-corrected chi connectivity index (χ1v) is 5.31. The van der Waals surface area contributed by atoms with E-state index in [1.54, 1.807) is 6.07 Å². The Kier molecular flexibility index (Phi) is 4.71. The number of anilines is 1. The molecule has 7 heteroatoms. The van der Waals surface area contributed by atoms with Crippen LogP contribution in [-0.4, -0.2) is 23.9 Å². The summed E-state index contributed by atoms with van der Waals surface area (Å²) in [5.74, 6) is -0.152. The number of nitrogens with one attached hydrogen (secondary N) is 2. The lowest BCUT2D eigenvalue weighted by molar-refractivity contribution is -0.383. The molecule has 0 aliphatic heterocycles. The Labute approximate surface area is 103 Å². The van der Waals surface area contributed by atoms with Gasteiger partial charge < -0.3 is 10.6 Å². The number of hydrogen-bond acceptors (Lipinski definition) is 4. The fraction of sp³-hybridized carbons (Fsp3) is 0.300. The van der Waals surface area contributed by atoms with E-state index in [4.69, 9.17) is 11.6 Å². The minimum Gasteiger partial charge on any atom is -0.376 e. The third-order valence-electron chi connectivity index (χ3n) is 1.99. The van der Waals surface area contributed by atoms with Crippen molar-refractivity contribution in [3.8, 4) is 0 Å². The quantitative estimate of drug-likeness (QED) is 0.479. The van der Waals surface area contributed by atoms with Crippen molar-refractivity contribution in [1.29, 1.82) is 0 Å². The van der Waals surface area contributed by atoms with Gasteiger partial charge in [-0.2, -0.15) is 0 Å². The van der Waals surface area contributed by atoms with Gasteiger partial charge in [-0.25, -0.2) is 0 Å². The highest BCUT2D eigenvalue weighted by Crippen LogP contribution is 2.31. The second-order valence-electron chi connectivity index (χ2n) is 3.30. The second kappa shape index (κ2) is 6.05. The molecule has 0 heterocycles. The highest BCUT2D eigenvalue weighted by atomic mass is 35.5. The molecule has 6 nitrogen and oxygen atoms in total. The lowest BCUT2D eigenvalue weighted by Gasteiger charge is -2.08. The molecule has 0 atom stereocenters. The molecule has 1 rings (SSSR count). The Hall–Kier alpha value is -1.82. The number of rotatable bonds is 5. The van der Waals surface area contributed by atoms with Crippen molar-refractivity contribution in [2.75, 3.05) is 18.4 Å². The minimum absolute atomic E-state index is 0.0830. The van der Waals surface area contributed by atoms with E-state index in [-0.39, 0.29) is 22.3 Å². The van der Waals surface area contributed by atoms with Gasteiger partial charge in [-0.1, -0.05) is 17.7 Å². The minimum atomic E-state index is -0.507. The zero-order valence-corrected chi connectivity index (χ0v) is 9.95.